The van der Waals surface area contributed by atoms with E-state index in [1.165, 1.54) is 12.3 Å². The third-order valence-corrected chi connectivity index (χ3v) is 4.04. The summed E-state index contributed by atoms with van der Waals surface area (Å²) in [6.07, 6.45) is 1.20. The number of hydrogen-bond donors (Lipinski definition) is 0. The number of rotatable bonds is 4. The molecule has 0 saturated heterocycles. The SMILES string of the molecule is CC(C)N(CC#N)S(=O)(=O)c1ncccc1F. The Kier molecular flexibility index (Phi) is 4.15. The Hall–Kier alpha value is -1.52. The van der Waals surface area contributed by atoms with E-state index in [0.717, 1.165) is 10.4 Å². The van der Waals surface area contributed by atoms with Crippen molar-refractivity contribution in [2.24, 2.45) is 0 Å². The molecule has 92 valence electrons. The lowest BCUT2D eigenvalue weighted by atomic mass is 10.4. The van der Waals surface area contributed by atoms with Crippen molar-refractivity contribution < 1.29 is 12.8 Å². The molecule has 1 aromatic heterocycles. The van der Waals surface area contributed by atoms with Crippen LogP contribution in [0.3, 0.4) is 0 Å². The van der Waals surface area contributed by atoms with Crippen molar-refractivity contribution >= 4 is 10.0 Å². The molecule has 0 bridgehead atoms. The summed E-state index contributed by atoms with van der Waals surface area (Å²) in [5, 5.41) is 7.95. The quantitative estimate of drug-likeness (QED) is 0.758. The van der Waals surface area contributed by atoms with Crippen molar-refractivity contribution in [2.45, 2.75) is 24.9 Å². The second-order valence-electron chi connectivity index (χ2n) is 3.59. The van der Waals surface area contributed by atoms with E-state index in [9.17, 15) is 12.8 Å². The maximum atomic E-state index is 13.4. The molecular weight excluding hydrogens is 245 g/mol. The number of sulfonamides is 1. The van der Waals surface area contributed by atoms with Crippen LogP contribution in [0.25, 0.3) is 0 Å². The van der Waals surface area contributed by atoms with E-state index in [-0.39, 0.29) is 6.54 Å². The number of hydrogen-bond acceptors (Lipinski definition) is 4. The first kappa shape index (κ1) is 13.5. The second kappa shape index (κ2) is 5.21. The summed E-state index contributed by atoms with van der Waals surface area (Å²) in [6.45, 7) is 2.88. The zero-order chi connectivity index (χ0) is 13.1. The minimum absolute atomic E-state index is 0.337. The largest absolute Gasteiger partial charge is 0.264 e. The van der Waals surface area contributed by atoms with Crippen LogP contribution < -0.4 is 0 Å². The molecule has 7 heteroatoms. The first-order valence-electron chi connectivity index (χ1n) is 4.90. The van der Waals surface area contributed by atoms with Crippen molar-refractivity contribution in [3.63, 3.8) is 0 Å². The van der Waals surface area contributed by atoms with Gasteiger partial charge >= 0.3 is 0 Å². The van der Waals surface area contributed by atoms with E-state index in [4.69, 9.17) is 5.26 Å². The molecule has 0 amide bonds. The van der Waals surface area contributed by atoms with Crippen molar-refractivity contribution in [3.05, 3.63) is 24.1 Å². The molecule has 0 spiro atoms. The molecule has 1 aromatic rings. The summed E-state index contributed by atoms with van der Waals surface area (Å²) in [5.74, 6) is -0.920. The van der Waals surface area contributed by atoms with Gasteiger partial charge < -0.3 is 0 Å². The van der Waals surface area contributed by atoms with Gasteiger partial charge in [-0.25, -0.2) is 17.8 Å². The van der Waals surface area contributed by atoms with Gasteiger partial charge in [-0.15, -0.1) is 0 Å². The highest BCUT2D eigenvalue weighted by atomic mass is 32.2. The average Bonchev–Trinajstić information content (AvgIpc) is 2.25. The van der Waals surface area contributed by atoms with Gasteiger partial charge in [-0.05, 0) is 26.0 Å². The van der Waals surface area contributed by atoms with E-state index in [2.05, 4.69) is 4.98 Å². The minimum Gasteiger partial charge on any atom is -0.241 e. The Morgan fingerprint density at radius 2 is 2.24 bits per heavy atom. The highest BCUT2D eigenvalue weighted by Crippen LogP contribution is 2.18. The molecule has 1 rings (SSSR count). The van der Waals surface area contributed by atoms with Crippen LogP contribution in [0, 0.1) is 17.1 Å². The Bertz CT molecular complexity index is 537. The first-order chi connectivity index (χ1) is 7.91. The van der Waals surface area contributed by atoms with Crippen LogP contribution in [-0.2, 0) is 10.0 Å². The predicted molar refractivity (Wildman–Crippen MR) is 58.8 cm³/mol. The summed E-state index contributed by atoms with van der Waals surface area (Å²) in [5.41, 5.74) is 0. The number of halogens is 1. The first-order valence-corrected chi connectivity index (χ1v) is 6.34. The maximum Gasteiger partial charge on any atom is 0.264 e. The summed E-state index contributed by atoms with van der Waals surface area (Å²) in [4.78, 5) is 3.52. The second-order valence-corrected chi connectivity index (χ2v) is 5.40. The minimum atomic E-state index is -4.07. The van der Waals surface area contributed by atoms with E-state index in [1.807, 2.05) is 0 Å². The van der Waals surface area contributed by atoms with E-state index >= 15 is 0 Å². The smallest absolute Gasteiger partial charge is 0.241 e. The van der Waals surface area contributed by atoms with Gasteiger partial charge in [0, 0.05) is 12.2 Å². The van der Waals surface area contributed by atoms with Crippen LogP contribution in [0.15, 0.2) is 23.4 Å². The zero-order valence-corrected chi connectivity index (χ0v) is 10.3. The summed E-state index contributed by atoms with van der Waals surface area (Å²) >= 11 is 0. The Balaban J connectivity index is 3.28. The zero-order valence-electron chi connectivity index (χ0n) is 9.46. The van der Waals surface area contributed by atoms with E-state index in [0.29, 0.717) is 0 Å². The van der Waals surface area contributed by atoms with Crippen molar-refractivity contribution in [1.29, 1.82) is 5.26 Å². The lowest BCUT2D eigenvalue weighted by molar-refractivity contribution is 0.380. The van der Waals surface area contributed by atoms with E-state index < -0.39 is 26.9 Å². The normalized spacial score (nSPS) is 11.8. The van der Waals surface area contributed by atoms with Crippen molar-refractivity contribution in [1.82, 2.24) is 9.29 Å². The van der Waals surface area contributed by atoms with Gasteiger partial charge in [0.05, 0.1) is 6.07 Å². The van der Waals surface area contributed by atoms with Crippen LogP contribution in [0.5, 0.6) is 0 Å². The molecule has 5 nitrogen and oxygen atoms in total. The topological polar surface area (TPSA) is 74.1 Å². The fourth-order valence-electron chi connectivity index (χ4n) is 1.29. The number of nitrogens with zero attached hydrogens (tertiary/aromatic N) is 3. The van der Waals surface area contributed by atoms with Gasteiger partial charge in [0.1, 0.15) is 6.54 Å². The van der Waals surface area contributed by atoms with Crippen molar-refractivity contribution in [2.75, 3.05) is 6.54 Å². The summed E-state index contributed by atoms with van der Waals surface area (Å²) in [6, 6.07) is 3.62. The standard InChI is InChI=1S/C10H12FN3O2S/c1-8(2)14(7-5-12)17(15,16)10-9(11)4-3-6-13-10/h3-4,6,8H,7H2,1-2H3. The highest BCUT2D eigenvalue weighted by Gasteiger charge is 2.30. The average molecular weight is 257 g/mol. The van der Waals surface area contributed by atoms with Gasteiger partial charge in [0.15, 0.2) is 5.82 Å². The van der Waals surface area contributed by atoms with Gasteiger partial charge in [0.25, 0.3) is 10.0 Å². The third-order valence-electron chi connectivity index (χ3n) is 2.08. The molecule has 0 N–H and O–H groups in total. The Morgan fingerprint density at radius 3 is 2.71 bits per heavy atom. The van der Waals surface area contributed by atoms with Crippen LogP contribution in [0.4, 0.5) is 4.39 Å². The lowest BCUT2D eigenvalue weighted by Crippen LogP contribution is -2.38. The molecule has 0 aliphatic carbocycles. The van der Waals surface area contributed by atoms with Crippen LogP contribution in [0.1, 0.15) is 13.8 Å². The molecule has 1 heterocycles. The molecule has 0 aromatic carbocycles. The van der Waals surface area contributed by atoms with E-state index in [1.54, 1.807) is 19.9 Å². The fourth-order valence-corrected chi connectivity index (χ4v) is 2.80. The van der Waals surface area contributed by atoms with Gasteiger partial charge in [-0.2, -0.15) is 9.57 Å². The van der Waals surface area contributed by atoms with Gasteiger partial charge in [-0.1, -0.05) is 0 Å². The molecule has 0 unspecified atom stereocenters. The lowest BCUT2D eigenvalue weighted by Gasteiger charge is -2.22. The molecule has 0 fully saturated rings. The Morgan fingerprint density at radius 1 is 1.59 bits per heavy atom. The highest BCUT2D eigenvalue weighted by molar-refractivity contribution is 7.89. The molecule has 0 aliphatic heterocycles. The molecule has 0 radical (unpaired) electrons. The van der Waals surface area contributed by atoms with Gasteiger partial charge in [0.2, 0.25) is 5.03 Å². The molecule has 0 aliphatic rings. The third kappa shape index (κ3) is 2.78. The predicted octanol–water partition coefficient (Wildman–Crippen LogP) is 1.14. The van der Waals surface area contributed by atoms with Crippen molar-refractivity contribution in [3.8, 4) is 6.07 Å². The number of aromatic nitrogens is 1. The summed E-state index contributed by atoms with van der Waals surface area (Å²) < 4.78 is 38.4. The maximum absolute atomic E-state index is 13.4. The molecule has 17 heavy (non-hydrogen) atoms. The summed E-state index contributed by atoms with van der Waals surface area (Å²) in [7, 11) is -4.07. The van der Waals surface area contributed by atoms with Crippen LogP contribution in [-0.4, -0.2) is 30.3 Å². The Labute approximate surface area is 99.6 Å². The monoisotopic (exact) mass is 257 g/mol. The number of nitriles is 1. The number of pyridine rings is 1. The van der Waals surface area contributed by atoms with Crippen LogP contribution in [0.2, 0.25) is 0 Å². The van der Waals surface area contributed by atoms with Gasteiger partial charge in [-0.3, -0.25) is 0 Å². The molecule has 0 saturated carbocycles. The molecule has 0 atom stereocenters. The fraction of sp³-hybridized carbons (Fsp3) is 0.400. The van der Waals surface area contributed by atoms with Crippen LogP contribution >= 0.6 is 0 Å². The molecular formula is C10H12FN3O2S.